The first-order valence-electron chi connectivity index (χ1n) is 25.9. The number of pyridine rings is 1. The van der Waals surface area contributed by atoms with Crippen molar-refractivity contribution in [3.05, 3.63) is 182 Å². The van der Waals surface area contributed by atoms with Crippen LogP contribution in [-0.2, 0) is 0 Å². The van der Waals surface area contributed by atoms with E-state index < -0.39 is 23.3 Å². The topological polar surface area (TPSA) is 12.9 Å². The van der Waals surface area contributed by atoms with Gasteiger partial charge in [0.2, 0.25) is 0 Å². The lowest BCUT2D eigenvalue weighted by Gasteiger charge is -2.50. The van der Waals surface area contributed by atoms with Crippen molar-refractivity contribution in [1.29, 1.82) is 0 Å². The second-order valence-corrected chi connectivity index (χ2v) is 22.0. The Morgan fingerprint density at radius 1 is 0.414 bits per heavy atom. The molecule has 0 aliphatic heterocycles. The molecule has 5 aromatic rings. The van der Waals surface area contributed by atoms with Crippen LogP contribution in [0, 0.1) is 120 Å². The lowest BCUT2D eigenvalue weighted by atomic mass is 9.55. The summed E-state index contributed by atoms with van der Waals surface area (Å²) in [5, 5.41) is 0. The Morgan fingerprint density at radius 3 is 1.09 bits per heavy atom. The number of hydrogen-bond donors (Lipinski definition) is 0. The van der Waals surface area contributed by atoms with Crippen LogP contribution in [0.3, 0.4) is 0 Å². The fourth-order valence-electron chi connectivity index (χ4n) is 8.36. The fraction of sp³-hybridized carbons (Fsp3) is 0.516. The summed E-state index contributed by atoms with van der Waals surface area (Å²) in [6.07, 6.45) is 24.9. The van der Waals surface area contributed by atoms with Crippen LogP contribution in [0.4, 0.5) is 22.0 Å². The Morgan fingerprint density at radius 2 is 0.771 bits per heavy atom. The van der Waals surface area contributed by atoms with E-state index >= 15 is 0 Å². The Hall–Kier alpha value is -4.58. The number of nitrogens with zero attached hydrogens (tertiary/aromatic N) is 1. The molecule has 0 amide bonds. The maximum absolute atomic E-state index is 12.6. The minimum Gasteiger partial charge on any atom is -0.265 e. The monoisotopic (exact) mass is 968 g/mol. The number of aryl methyl sites for hydroxylation is 8. The number of benzene rings is 4. The van der Waals surface area contributed by atoms with Gasteiger partial charge < -0.3 is 0 Å². The van der Waals surface area contributed by atoms with Crippen LogP contribution in [0.15, 0.2) is 103 Å². The minimum atomic E-state index is -0.736. The van der Waals surface area contributed by atoms with E-state index in [1.807, 2.05) is 32.0 Å². The molecule has 1 unspecified atom stereocenters. The van der Waals surface area contributed by atoms with Crippen LogP contribution in [0.25, 0.3) is 0 Å². The number of rotatable bonds is 0. The predicted molar refractivity (Wildman–Crippen MR) is 290 cm³/mol. The summed E-state index contributed by atoms with van der Waals surface area (Å²) in [5.74, 6) is 0.445. The third-order valence-electron chi connectivity index (χ3n) is 14.5. The van der Waals surface area contributed by atoms with Gasteiger partial charge in [-0.1, -0.05) is 132 Å². The van der Waals surface area contributed by atoms with E-state index in [0.717, 1.165) is 34.1 Å². The van der Waals surface area contributed by atoms with Crippen molar-refractivity contribution >= 4 is 0 Å². The van der Waals surface area contributed by atoms with Gasteiger partial charge in [0.25, 0.3) is 0 Å². The molecular formula is C64H90F5N. The molecule has 1 aromatic heterocycles. The molecule has 5 aliphatic rings. The third kappa shape index (κ3) is 24.5. The molecule has 2 bridgehead atoms. The summed E-state index contributed by atoms with van der Waals surface area (Å²) in [6.45, 7) is 30.3. The lowest BCUT2D eigenvalue weighted by Crippen LogP contribution is -2.37. The molecule has 0 radical (unpaired) electrons. The Bertz CT molecular complexity index is 2160. The normalized spacial score (nSPS) is 21.6. The molecule has 1 nitrogen and oxygen atoms in total. The van der Waals surface area contributed by atoms with Crippen molar-refractivity contribution in [3.63, 3.8) is 0 Å². The van der Waals surface area contributed by atoms with E-state index in [1.165, 1.54) is 139 Å². The van der Waals surface area contributed by atoms with Gasteiger partial charge in [0.1, 0.15) is 17.5 Å². The number of hydrogen-bond acceptors (Lipinski definition) is 1. The quantitative estimate of drug-likeness (QED) is 0.111. The fourth-order valence-corrected chi connectivity index (χ4v) is 8.36. The zero-order valence-corrected chi connectivity index (χ0v) is 46.0. The van der Waals surface area contributed by atoms with Gasteiger partial charge in [0, 0.05) is 18.0 Å². The molecule has 6 heteroatoms. The summed E-state index contributed by atoms with van der Waals surface area (Å²) >= 11 is 0. The first kappa shape index (κ1) is 61.5. The second-order valence-electron chi connectivity index (χ2n) is 22.0. The maximum atomic E-state index is 12.6. The van der Waals surface area contributed by atoms with E-state index in [1.54, 1.807) is 50.0 Å². The number of fused-ring (bicyclic) bond motifs is 3. The highest BCUT2D eigenvalue weighted by molar-refractivity contribution is 5.25. The Kier molecular flexibility index (Phi) is 27.3. The van der Waals surface area contributed by atoms with Crippen molar-refractivity contribution < 1.29 is 22.0 Å². The molecular weight excluding hydrogens is 878 g/mol. The first-order chi connectivity index (χ1) is 32.8. The van der Waals surface area contributed by atoms with Crippen LogP contribution in [0.5, 0.6) is 0 Å². The van der Waals surface area contributed by atoms with E-state index in [0.29, 0.717) is 22.3 Å². The van der Waals surface area contributed by atoms with Crippen LogP contribution in [0.1, 0.15) is 175 Å². The van der Waals surface area contributed by atoms with E-state index in [-0.39, 0.29) is 11.4 Å². The summed E-state index contributed by atoms with van der Waals surface area (Å²) in [5.41, 5.74) is 10.1. The molecule has 0 spiro atoms. The van der Waals surface area contributed by atoms with Gasteiger partial charge in [-0.25, -0.2) is 22.0 Å². The van der Waals surface area contributed by atoms with Gasteiger partial charge in [0.05, 0.1) is 0 Å². The first-order valence-corrected chi connectivity index (χ1v) is 25.9. The van der Waals surface area contributed by atoms with Crippen LogP contribution < -0.4 is 0 Å². The molecule has 0 saturated heterocycles. The standard InChI is InChI=1S/C10H18.2C8H8F2.C8H9F.C8H16.C8H14.C8H10.C6H7N/c1-9-3-6-10(2,7-4-9)8-5-9;1-5-3-7(9)6(2)8(10)4-5;1-5-3-4-6(2)8(10)7(5)9;1-6-3-4-7(2)8(9)5-6;3*1-7-3-5-8(2)6-4-7;1-6-2-4-7-5-3-6/h3-8H2,1-2H3;2*3-4H,1-2H3;3-5H,1-2H3;7-8H,3-6H2,1-2H3;3,8H,4-6H2,1-2H3;3-6H,1-2H3;2-5H,1H3. The van der Waals surface area contributed by atoms with Gasteiger partial charge in [-0.15, -0.1) is 0 Å². The highest BCUT2D eigenvalue weighted by atomic mass is 19.2. The number of allylic oxidation sites excluding steroid dienone is 2. The summed E-state index contributed by atoms with van der Waals surface area (Å²) < 4.78 is 63.0. The molecule has 70 heavy (non-hydrogen) atoms. The molecule has 1 heterocycles. The average Bonchev–Trinajstić information content (AvgIpc) is 3.33. The smallest absolute Gasteiger partial charge is 0.161 e. The van der Waals surface area contributed by atoms with E-state index in [9.17, 15) is 22.0 Å². The third-order valence-corrected chi connectivity index (χ3v) is 14.5. The molecule has 4 aromatic carbocycles. The van der Waals surface area contributed by atoms with Crippen LogP contribution in [0.2, 0.25) is 0 Å². The summed E-state index contributed by atoms with van der Waals surface area (Å²) in [4.78, 5) is 3.85. The molecule has 1 atom stereocenters. The molecule has 10 rings (SSSR count). The van der Waals surface area contributed by atoms with Crippen LogP contribution >= 0.6 is 0 Å². The van der Waals surface area contributed by atoms with Crippen molar-refractivity contribution in [2.45, 2.75) is 187 Å². The van der Waals surface area contributed by atoms with Gasteiger partial charge in [-0.2, -0.15) is 0 Å². The van der Waals surface area contributed by atoms with Crippen molar-refractivity contribution in [1.82, 2.24) is 4.98 Å². The van der Waals surface area contributed by atoms with Crippen molar-refractivity contribution in [2.75, 3.05) is 0 Å². The highest BCUT2D eigenvalue weighted by Gasteiger charge is 2.43. The van der Waals surface area contributed by atoms with Gasteiger partial charge >= 0.3 is 0 Å². The van der Waals surface area contributed by atoms with E-state index in [4.69, 9.17) is 0 Å². The minimum absolute atomic E-state index is 0.0885. The average molecular weight is 968 g/mol. The zero-order valence-electron chi connectivity index (χ0n) is 46.0. The molecule has 4 fully saturated rings. The largest absolute Gasteiger partial charge is 0.265 e. The SMILES string of the molecule is CC12CCC(C)(CC1)CC2.CC1=CCC(C)CC1.CC1CCC(C)CC1.Cc1cc(F)c(C)c(F)c1.Cc1ccc(C)c(F)c1.Cc1ccc(C)c(F)c1F.Cc1ccc(C)cc1.Cc1ccncc1. The predicted octanol–water partition coefficient (Wildman–Crippen LogP) is 20.3. The molecule has 0 N–H and O–H groups in total. The van der Waals surface area contributed by atoms with Crippen molar-refractivity contribution in [3.8, 4) is 0 Å². The van der Waals surface area contributed by atoms with E-state index in [2.05, 4.69) is 90.7 Å². The number of halogens is 5. The maximum Gasteiger partial charge on any atom is 0.161 e. The lowest BCUT2D eigenvalue weighted by molar-refractivity contribution is 0.0164. The Labute approximate surface area is 423 Å². The molecule has 4 saturated carbocycles. The summed E-state index contributed by atoms with van der Waals surface area (Å²) in [6, 6.07) is 23.4. The second kappa shape index (κ2) is 31.0. The van der Waals surface area contributed by atoms with Crippen LogP contribution in [-0.4, -0.2) is 4.98 Å². The highest BCUT2D eigenvalue weighted by Crippen LogP contribution is 2.56. The van der Waals surface area contributed by atoms with Gasteiger partial charge in [-0.3, -0.25) is 4.98 Å². The van der Waals surface area contributed by atoms with Gasteiger partial charge in [-0.05, 0) is 219 Å². The molecule has 386 valence electrons. The number of aromatic nitrogens is 1. The molecule has 5 aliphatic carbocycles. The zero-order chi connectivity index (χ0) is 52.6. The van der Waals surface area contributed by atoms with Crippen molar-refractivity contribution in [2.24, 2.45) is 28.6 Å². The van der Waals surface area contributed by atoms with Gasteiger partial charge in [0.15, 0.2) is 11.6 Å². The Balaban J connectivity index is 0.000000275. The summed E-state index contributed by atoms with van der Waals surface area (Å²) in [7, 11) is 0.